The van der Waals surface area contributed by atoms with E-state index in [1.807, 2.05) is 0 Å². The molecule has 1 unspecified atom stereocenters. The Morgan fingerprint density at radius 3 is 2.95 bits per heavy atom. The fourth-order valence-electron chi connectivity index (χ4n) is 4.06. The lowest BCUT2D eigenvalue weighted by Gasteiger charge is -2.32. The summed E-state index contributed by atoms with van der Waals surface area (Å²) in [6.07, 6.45) is 3.40. The molecular formula is C17H22N2. The van der Waals surface area contributed by atoms with Crippen LogP contribution in [0.3, 0.4) is 0 Å². The zero-order chi connectivity index (χ0) is 13.7. The third-order valence-electron chi connectivity index (χ3n) is 4.63. The molecular weight excluding hydrogens is 232 g/mol. The molecule has 2 heteroatoms. The van der Waals surface area contributed by atoms with Crippen LogP contribution in [0.25, 0.3) is 0 Å². The van der Waals surface area contributed by atoms with Gasteiger partial charge in [-0.15, -0.1) is 0 Å². The number of benzene rings is 1. The van der Waals surface area contributed by atoms with E-state index in [2.05, 4.69) is 49.9 Å². The molecule has 2 nitrogen and oxygen atoms in total. The number of para-hydroxylation sites is 1. The van der Waals surface area contributed by atoms with Gasteiger partial charge >= 0.3 is 0 Å². The lowest BCUT2D eigenvalue weighted by Crippen LogP contribution is -2.36. The van der Waals surface area contributed by atoms with Gasteiger partial charge in [0.2, 0.25) is 0 Å². The Morgan fingerprint density at radius 2 is 2.21 bits per heavy atom. The second-order valence-corrected chi connectivity index (χ2v) is 7.07. The zero-order valence-electron chi connectivity index (χ0n) is 12.2. The predicted molar refractivity (Wildman–Crippen MR) is 78.3 cm³/mol. The highest BCUT2D eigenvalue weighted by Gasteiger charge is 2.43. The van der Waals surface area contributed by atoms with Crippen molar-refractivity contribution in [1.29, 1.82) is 5.26 Å². The minimum atomic E-state index is -0.258. The molecule has 2 heterocycles. The fraction of sp³-hybridized carbons (Fsp3) is 0.588. The van der Waals surface area contributed by atoms with Gasteiger partial charge in [0, 0.05) is 24.2 Å². The summed E-state index contributed by atoms with van der Waals surface area (Å²) in [4.78, 5) is 2.54. The van der Waals surface area contributed by atoms with E-state index >= 15 is 0 Å². The van der Waals surface area contributed by atoms with Crippen molar-refractivity contribution >= 4 is 5.69 Å². The maximum absolute atomic E-state index is 9.34. The van der Waals surface area contributed by atoms with E-state index in [9.17, 15) is 5.26 Å². The van der Waals surface area contributed by atoms with Crippen LogP contribution in [0, 0.1) is 16.7 Å². The molecule has 0 saturated heterocycles. The van der Waals surface area contributed by atoms with E-state index in [-0.39, 0.29) is 10.8 Å². The average molecular weight is 254 g/mol. The maximum Gasteiger partial charge on any atom is 0.0684 e. The Labute approximate surface area is 116 Å². The third kappa shape index (κ3) is 1.92. The normalized spacial score (nSPS) is 25.1. The molecule has 0 saturated carbocycles. The number of hydrogen-bond acceptors (Lipinski definition) is 2. The topological polar surface area (TPSA) is 27.0 Å². The van der Waals surface area contributed by atoms with E-state index in [0.717, 1.165) is 13.0 Å². The minimum Gasteiger partial charge on any atom is -0.370 e. The smallest absolute Gasteiger partial charge is 0.0684 e. The molecule has 100 valence electrons. The van der Waals surface area contributed by atoms with Gasteiger partial charge in [0.05, 0.1) is 11.5 Å². The summed E-state index contributed by atoms with van der Waals surface area (Å²) in [6, 6.07) is 9.21. The Balaban J connectivity index is 2.05. The molecule has 0 fully saturated rings. The lowest BCUT2D eigenvalue weighted by molar-refractivity contribution is 0.322. The summed E-state index contributed by atoms with van der Waals surface area (Å²) >= 11 is 0. The highest BCUT2D eigenvalue weighted by atomic mass is 15.2. The monoisotopic (exact) mass is 254 g/mol. The maximum atomic E-state index is 9.34. The van der Waals surface area contributed by atoms with Crippen LogP contribution in [0.1, 0.15) is 44.7 Å². The summed E-state index contributed by atoms with van der Waals surface area (Å²) < 4.78 is 0. The Hall–Kier alpha value is -1.49. The van der Waals surface area contributed by atoms with Gasteiger partial charge in [0.1, 0.15) is 0 Å². The molecule has 0 N–H and O–H groups in total. The first-order chi connectivity index (χ1) is 8.95. The van der Waals surface area contributed by atoms with Gasteiger partial charge in [-0.25, -0.2) is 0 Å². The number of hydrogen-bond donors (Lipinski definition) is 0. The van der Waals surface area contributed by atoms with E-state index in [1.54, 1.807) is 0 Å². The summed E-state index contributed by atoms with van der Waals surface area (Å²) in [5, 5.41) is 9.34. The van der Waals surface area contributed by atoms with Crippen LogP contribution in [0.2, 0.25) is 0 Å². The molecule has 19 heavy (non-hydrogen) atoms. The molecule has 2 aliphatic heterocycles. The number of nitriles is 1. The molecule has 2 aliphatic rings. The highest BCUT2D eigenvalue weighted by molar-refractivity contribution is 5.68. The van der Waals surface area contributed by atoms with Crippen molar-refractivity contribution in [2.75, 3.05) is 18.0 Å². The Morgan fingerprint density at radius 1 is 1.42 bits per heavy atom. The van der Waals surface area contributed by atoms with Gasteiger partial charge in [-0.05, 0) is 44.2 Å². The van der Waals surface area contributed by atoms with Crippen LogP contribution >= 0.6 is 0 Å². The van der Waals surface area contributed by atoms with Crippen molar-refractivity contribution in [1.82, 2.24) is 0 Å². The van der Waals surface area contributed by atoms with Crippen LogP contribution in [0.4, 0.5) is 5.69 Å². The lowest BCUT2D eigenvalue weighted by atomic mass is 9.71. The van der Waals surface area contributed by atoms with Crippen LogP contribution in [-0.4, -0.2) is 13.1 Å². The Kier molecular flexibility index (Phi) is 2.64. The molecule has 1 atom stereocenters. The Bertz CT molecular complexity index is 553. The van der Waals surface area contributed by atoms with Crippen molar-refractivity contribution in [3.8, 4) is 6.07 Å². The average Bonchev–Trinajstić information content (AvgIpc) is 2.64. The summed E-state index contributed by atoms with van der Waals surface area (Å²) in [5.74, 6) is 0. The van der Waals surface area contributed by atoms with Crippen LogP contribution in [0.5, 0.6) is 0 Å². The van der Waals surface area contributed by atoms with Crippen molar-refractivity contribution in [2.24, 2.45) is 5.41 Å². The van der Waals surface area contributed by atoms with Crippen molar-refractivity contribution in [2.45, 2.75) is 45.4 Å². The molecule has 0 aliphatic carbocycles. The summed E-state index contributed by atoms with van der Waals surface area (Å²) in [6.45, 7) is 8.70. The number of aryl methyl sites for hydroxylation is 1. The first-order valence-corrected chi connectivity index (χ1v) is 7.24. The van der Waals surface area contributed by atoms with Gasteiger partial charge in [0.25, 0.3) is 0 Å². The van der Waals surface area contributed by atoms with E-state index in [4.69, 9.17) is 0 Å². The summed E-state index contributed by atoms with van der Waals surface area (Å²) in [5.41, 5.74) is 4.31. The largest absolute Gasteiger partial charge is 0.370 e. The van der Waals surface area contributed by atoms with E-state index < -0.39 is 0 Å². The molecule has 0 aromatic heterocycles. The number of nitrogens with zero attached hydrogens (tertiary/aromatic N) is 2. The van der Waals surface area contributed by atoms with Crippen molar-refractivity contribution < 1.29 is 0 Å². The van der Waals surface area contributed by atoms with E-state index in [1.165, 1.54) is 36.2 Å². The number of anilines is 1. The second kappa shape index (κ2) is 4.00. The SMILES string of the molecule is CC(C)(C#N)CC1(C)CN2CCCc3cccc1c32. The van der Waals surface area contributed by atoms with Crippen molar-refractivity contribution in [3.63, 3.8) is 0 Å². The molecule has 1 aromatic carbocycles. The predicted octanol–water partition coefficient (Wildman–Crippen LogP) is 3.65. The summed E-state index contributed by atoms with van der Waals surface area (Å²) in [7, 11) is 0. The second-order valence-electron chi connectivity index (χ2n) is 7.07. The number of rotatable bonds is 2. The molecule has 0 bridgehead atoms. The minimum absolute atomic E-state index is 0.120. The molecule has 1 aromatic rings. The van der Waals surface area contributed by atoms with Gasteiger partial charge in [0.15, 0.2) is 0 Å². The quantitative estimate of drug-likeness (QED) is 0.805. The van der Waals surface area contributed by atoms with Crippen LogP contribution in [-0.2, 0) is 11.8 Å². The molecule has 3 rings (SSSR count). The van der Waals surface area contributed by atoms with Crippen LogP contribution < -0.4 is 4.90 Å². The molecule has 0 amide bonds. The zero-order valence-corrected chi connectivity index (χ0v) is 12.2. The third-order valence-corrected chi connectivity index (χ3v) is 4.63. The molecule has 0 spiro atoms. The van der Waals surface area contributed by atoms with Crippen molar-refractivity contribution in [3.05, 3.63) is 29.3 Å². The van der Waals surface area contributed by atoms with Gasteiger partial charge in [-0.1, -0.05) is 25.1 Å². The van der Waals surface area contributed by atoms with Gasteiger partial charge < -0.3 is 4.90 Å². The standard InChI is InChI=1S/C17H22N2/c1-16(2,11-18)10-17(3)12-19-9-5-7-13-6-4-8-14(17)15(13)19/h4,6,8H,5,7,9-10,12H2,1-3H3. The van der Waals surface area contributed by atoms with Gasteiger partial charge in [-0.3, -0.25) is 0 Å². The highest BCUT2D eigenvalue weighted by Crippen LogP contribution is 2.49. The van der Waals surface area contributed by atoms with E-state index in [0.29, 0.717) is 0 Å². The fourth-order valence-corrected chi connectivity index (χ4v) is 4.06. The van der Waals surface area contributed by atoms with Gasteiger partial charge in [-0.2, -0.15) is 5.26 Å². The first-order valence-electron chi connectivity index (χ1n) is 7.24. The van der Waals surface area contributed by atoms with Crippen LogP contribution in [0.15, 0.2) is 18.2 Å². The molecule has 0 radical (unpaired) electrons. The first kappa shape index (κ1) is 12.5.